The van der Waals surface area contributed by atoms with Gasteiger partial charge in [0, 0.05) is 32.2 Å². The molecular weight excluding hydrogens is 330 g/mol. The van der Waals surface area contributed by atoms with Crippen LogP contribution < -0.4 is 0 Å². The van der Waals surface area contributed by atoms with Crippen LogP contribution in [0.15, 0.2) is 24.3 Å². The minimum atomic E-state index is -0.793. The second-order valence-corrected chi connectivity index (χ2v) is 7.79. The molecule has 1 spiro atoms. The van der Waals surface area contributed by atoms with Crippen LogP contribution >= 0.6 is 0 Å². The quantitative estimate of drug-likeness (QED) is 0.781. The van der Waals surface area contributed by atoms with Crippen molar-refractivity contribution in [2.24, 2.45) is 5.92 Å². The van der Waals surface area contributed by atoms with Crippen LogP contribution in [0.3, 0.4) is 0 Å². The number of aryl methyl sites for hydroxylation is 1. The lowest BCUT2D eigenvalue weighted by Crippen LogP contribution is -2.58. The first-order valence-electron chi connectivity index (χ1n) is 9.22. The second-order valence-electron chi connectivity index (χ2n) is 7.79. The Bertz CT molecular complexity index is 736. The SMILES string of the molecule is Cc1ccccc1C(=O)N1CCC2(CC1)C(=O)N(C)C(=O)N2CC(C)C. The third kappa shape index (κ3) is 2.87. The van der Waals surface area contributed by atoms with Crippen LogP contribution in [0.5, 0.6) is 0 Å². The van der Waals surface area contributed by atoms with Gasteiger partial charge < -0.3 is 9.80 Å². The number of likely N-dealkylation sites (tertiary alicyclic amines) is 1. The normalized spacial score (nSPS) is 19.8. The molecule has 1 aromatic carbocycles. The molecule has 0 atom stereocenters. The maximum Gasteiger partial charge on any atom is 0.327 e. The summed E-state index contributed by atoms with van der Waals surface area (Å²) in [5.41, 5.74) is 0.859. The van der Waals surface area contributed by atoms with Crippen molar-refractivity contribution in [2.45, 2.75) is 39.2 Å². The lowest BCUT2D eigenvalue weighted by atomic mass is 9.85. The number of likely N-dealkylation sites (N-methyl/N-ethyl adjacent to an activating group) is 1. The molecule has 2 aliphatic rings. The van der Waals surface area contributed by atoms with Gasteiger partial charge in [-0.1, -0.05) is 32.0 Å². The van der Waals surface area contributed by atoms with E-state index in [4.69, 9.17) is 0 Å². The van der Waals surface area contributed by atoms with Crippen molar-refractivity contribution in [2.75, 3.05) is 26.7 Å². The minimum Gasteiger partial charge on any atom is -0.338 e. The van der Waals surface area contributed by atoms with Gasteiger partial charge >= 0.3 is 6.03 Å². The maximum atomic E-state index is 12.8. The third-order valence-corrected chi connectivity index (χ3v) is 5.54. The van der Waals surface area contributed by atoms with E-state index >= 15 is 0 Å². The number of nitrogens with zero attached hydrogens (tertiary/aromatic N) is 3. The van der Waals surface area contributed by atoms with Crippen molar-refractivity contribution in [3.8, 4) is 0 Å². The standard InChI is InChI=1S/C20H27N3O3/c1-14(2)13-23-19(26)21(4)18(25)20(23)9-11-22(12-10-20)17(24)16-8-6-5-7-15(16)3/h5-8,14H,9-13H2,1-4H3. The molecule has 0 aromatic heterocycles. The lowest BCUT2D eigenvalue weighted by molar-refractivity contribution is -0.134. The average Bonchev–Trinajstić information content (AvgIpc) is 2.78. The van der Waals surface area contributed by atoms with E-state index in [0.29, 0.717) is 38.0 Å². The molecule has 4 amide bonds. The number of piperidine rings is 1. The van der Waals surface area contributed by atoms with Gasteiger partial charge in [-0.25, -0.2) is 4.79 Å². The molecule has 3 rings (SSSR count). The number of amides is 4. The van der Waals surface area contributed by atoms with E-state index in [-0.39, 0.29) is 23.8 Å². The van der Waals surface area contributed by atoms with Crippen LogP contribution in [0.25, 0.3) is 0 Å². The Morgan fingerprint density at radius 1 is 1.15 bits per heavy atom. The molecule has 0 bridgehead atoms. The summed E-state index contributed by atoms with van der Waals surface area (Å²) in [7, 11) is 1.55. The Labute approximate surface area is 154 Å². The molecule has 2 aliphatic heterocycles. The van der Waals surface area contributed by atoms with Crippen LogP contribution in [0, 0.1) is 12.8 Å². The first-order chi connectivity index (χ1) is 12.3. The van der Waals surface area contributed by atoms with E-state index in [9.17, 15) is 14.4 Å². The molecule has 0 radical (unpaired) electrons. The van der Waals surface area contributed by atoms with E-state index in [2.05, 4.69) is 0 Å². The molecule has 6 nitrogen and oxygen atoms in total. The summed E-state index contributed by atoms with van der Waals surface area (Å²) >= 11 is 0. The third-order valence-electron chi connectivity index (χ3n) is 5.54. The number of urea groups is 1. The first kappa shape index (κ1) is 18.4. The highest BCUT2D eigenvalue weighted by atomic mass is 16.2. The Hall–Kier alpha value is -2.37. The number of benzene rings is 1. The predicted octanol–water partition coefficient (Wildman–Crippen LogP) is 2.52. The Morgan fingerprint density at radius 3 is 2.35 bits per heavy atom. The van der Waals surface area contributed by atoms with Crippen molar-refractivity contribution in [3.05, 3.63) is 35.4 Å². The summed E-state index contributed by atoms with van der Waals surface area (Å²) in [6.45, 7) is 7.53. The van der Waals surface area contributed by atoms with Gasteiger partial charge in [-0.05, 0) is 37.3 Å². The molecule has 1 aromatic rings. The van der Waals surface area contributed by atoms with Gasteiger partial charge in [-0.15, -0.1) is 0 Å². The van der Waals surface area contributed by atoms with Gasteiger partial charge in [0.25, 0.3) is 11.8 Å². The topological polar surface area (TPSA) is 60.9 Å². The largest absolute Gasteiger partial charge is 0.338 e. The van der Waals surface area contributed by atoms with E-state index < -0.39 is 5.54 Å². The molecule has 2 heterocycles. The average molecular weight is 357 g/mol. The van der Waals surface area contributed by atoms with Crippen molar-refractivity contribution in [1.29, 1.82) is 0 Å². The van der Waals surface area contributed by atoms with Crippen molar-refractivity contribution < 1.29 is 14.4 Å². The van der Waals surface area contributed by atoms with Crippen molar-refractivity contribution >= 4 is 17.8 Å². The number of carbonyl (C=O) groups excluding carboxylic acids is 3. The van der Waals surface area contributed by atoms with Gasteiger partial charge in [-0.2, -0.15) is 0 Å². The summed E-state index contributed by atoms with van der Waals surface area (Å²) in [4.78, 5) is 43.0. The van der Waals surface area contributed by atoms with Crippen LogP contribution in [-0.4, -0.2) is 64.8 Å². The second kappa shape index (κ2) is 6.74. The highest BCUT2D eigenvalue weighted by molar-refractivity contribution is 6.07. The zero-order valence-corrected chi connectivity index (χ0v) is 16.0. The summed E-state index contributed by atoms with van der Waals surface area (Å²) in [5.74, 6) is 0.145. The van der Waals surface area contributed by atoms with Crippen LogP contribution in [0.4, 0.5) is 4.79 Å². The lowest BCUT2D eigenvalue weighted by Gasteiger charge is -2.42. The molecule has 0 unspecified atom stereocenters. The highest BCUT2D eigenvalue weighted by Gasteiger charge is 2.57. The number of hydrogen-bond acceptors (Lipinski definition) is 3. The van der Waals surface area contributed by atoms with Crippen LogP contribution in [0.1, 0.15) is 42.6 Å². The number of hydrogen-bond donors (Lipinski definition) is 0. The van der Waals surface area contributed by atoms with Gasteiger partial charge in [-0.3, -0.25) is 14.5 Å². The van der Waals surface area contributed by atoms with Gasteiger partial charge in [0.05, 0.1) is 0 Å². The number of carbonyl (C=O) groups is 3. The number of imide groups is 1. The summed E-state index contributed by atoms with van der Waals surface area (Å²) < 4.78 is 0. The fraction of sp³-hybridized carbons (Fsp3) is 0.550. The molecule has 6 heteroatoms. The Morgan fingerprint density at radius 2 is 1.77 bits per heavy atom. The van der Waals surface area contributed by atoms with Crippen LogP contribution in [0.2, 0.25) is 0 Å². The van der Waals surface area contributed by atoms with Crippen molar-refractivity contribution in [1.82, 2.24) is 14.7 Å². The minimum absolute atomic E-state index is 0.00140. The highest BCUT2D eigenvalue weighted by Crippen LogP contribution is 2.37. The zero-order valence-electron chi connectivity index (χ0n) is 16.0. The monoisotopic (exact) mass is 357 g/mol. The van der Waals surface area contributed by atoms with Crippen molar-refractivity contribution in [3.63, 3.8) is 0 Å². The maximum absolute atomic E-state index is 12.8. The molecule has 2 saturated heterocycles. The molecular formula is C20H27N3O3. The van der Waals surface area contributed by atoms with Crippen LogP contribution in [-0.2, 0) is 4.79 Å². The predicted molar refractivity (Wildman–Crippen MR) is 98.8 cm³/mol. The molecule has 0 aliphatic carbocycles. The van der Waals surface area contributed by atoms with E-state index in [0.717, 1.165) is 5.56 Å². The van der Waals surface area contributed by atoms with Gasteiger partial charge in [0.2, 0.25) is 0 Å². The summed E-state index contributed by atoms with van der Waals surface area (Å²) in [6, 6.07) is 7.33. The Kier molecular flexibility index (Phi) is 4.78. The number of rotatable bonds is 3. The molecule has 0 saturated carbocycles. The fourth-order valence-corrected chi connectivity index (χ4v) is 4.04. The summed E-state index contributed by atoms with van der Waals surface area (Å²) in [5, 5.41) is 0. The van der Waals surface area contributed by atoms with E-state index in [1.54, 1.807) is 16.8 Å². The van der Waals surface area contributed by atoms with E-state index in [1.807, 2.05) is 45.0 Å². The van der Waals surface area contributed by atoms with Gasteiger partial charge in [0.1, 0.15) is 5.54 Å². The molecule has 140 valence electrons. The molecule has 0 N–H and O–H groups in total. The smallest absolute Gasteiger partial charge is 0.327 e. The molecule has 26 heavy (non-hydrogen) atoms. The zero-order chi connectivity index (χ0) is 19.1. The Balaban J connectivity index is 1.79. The first-order valence-corrected chi connectivity index (χ1v) is 9.22. The molecule has 2 fully saturated rings. The van der Waals surface area contributed by atoms with E-state index in [1.165, 1.54) is 4.90 Å². The van der Waals surface area contributed by atoms with Gasteiger partial charge in [0.15, 0.2) is 0 Å². The fourth-order valence-electron chi connectivity index (χ4n) is 4.04. The summed E-state index contributed by atoms with van der Waals surface area (Å²) in [6.07, 6.45) is 0.985.